The van der Waals surface area contributed by atoms with E-state index in [1.165, 1.54) is 12.0 Å². The summed E-state index contributed by atoms with van der Waals surface area (Å²) >= 11 is 0. The van der Waals surface area contributed by atoms with E-state index in [0.717, 1.165) is 64.0 Å². The Kier molecular flexibility index (Phi) is 27.0. The quantitative estimate of drug-likeness (QED) is 0.0791. The molecule has 4 heterocycles. The van der Waals surface area contributed by atoms with Crippen LogP contribution in [0.3, 0.4) is 0 Å². The molecule has 17 nitrogen and oxygen atoms in total. The van der Waals surface area contributed by atoms with Crippen molar-refractivity contribution >= 4 is 29.2 Å². The SMILES string of the molecule is COCCOC1CC2CCC(C)C(O)(O2)C(=O)C(=O)N2CCCCC2C(=O)OC(C(C)C[C@@H]2CC[C@@H](OCCCN3CCN(C)CC3)[C@H](OC)C2)CC(=O)C(C)C=C(C)C(O)C(OC)C(=O)C(C)CC(C)C=CC=CC=C1C. The van der Waals surface area contributed by atoms with Crippen LogP contribution in [0.4, 0.5) is 0 Å². The maximum Gasteiger partial charge on any atom is 0.329 e. The van der Waals surface area contributed by atoms with Gasteiger partial charge in [-0.25, -0.2) is 4.79 Å². The molecule has 0 radical (unpaired) electrons. The number of nitrogens with zero attached hydrogens (tertiary/aromatic N) is 3. The summed E-state index contributed by atoms with van der Waals surface area (Å²) in [5, 5.41) is 23.8. The topological polar surface area (TPSA) is 200 Å². The molecule has 4 aliphatic heterocycles. The fraction of sp³-hybridized carbons (Fsp3) is 0.787. The van der Waals surface area contributed by atoms with Crippen molar-refractivity contribution in [3.63, 3.8) is 0 Å². The molecule has 17 heteroatoms. The second-order valence-electron chi connectivity index (χ2n) is 23.6. The Morgan fingerprint density at radius 1 is 0.795 bits per heavy atom. The number of hydrogen-bond donors (Lipinski definition) is 2. The monoisotopic (exact) mass is 1100 g/mol. The van der Waals surface area contributed by atoms with Gasteiger partial charge < -0.3 is 58.1 Å². The summed E-state index contributed by atoms with van der Waals surface area (Å²) in [6.45, 7) is 19.5. The van der Waals surface area contributed by atoms with Crippen LogP contribution < -0.4 is 0 Å². The van der Waals surface area contributed by atoms with Crippen LogP contribution in [0.5, 0.6) is 0 Å². The van der Waals surface area contributed by atoms with Crippen LogP contribution in [0.1, 0.15) is 132 Å². The number of cyclic esters (lactones) is 1. The summed E-state index contributed by atoms with van der Waals surface area (Å²) in [5.41, 5.74) is 1.27. The molecule has 1 saturated carbocycles. The zero-order chi connectivity index (χ0) is 57.1. The molecule has 5 aliphatic rings. The Bertz CT molecular complexity index is 2050. The molecule has 2 bridgehead atoms. The lowest BCUT2D eigenvalue weighted by Crippen LogP contribution is -2.61. The van der Waals surface area contributed by atoms with Crippen molar-refractivity contribution in [1.82, 2.24) is 14.7 Å². The van der Waals surface area contributed by atoms with Gasteiger partial charge in [-0.3, -0.25) is 19.2 Å². The first kappa shape index (κ1) is 65.3. The van der Waals surface area contributed by atoms with Crippen molar-refractivity contribution < 1.29 is 67.3 Å². The van der Waals surface area contributed by atoms with Crippen molar-refractivity contribution in [3.05, 3.63) is 47.6 Å². The second kappa shape index (κ2) is 32.2. The van der Waals surface area contributed by atoms with E-state index in [9.17, 15) is 34.2 Å². The van der Waals surface area contributed by atoms with Crippen LogP contribution >= 0.6 is 0 Å². The Labute approximate surface area is 466 Å². The van der Waals surface area contributed by atoms with E-state index in [0.29, 0.717) is 57.3 Å². The fourth-order valence-electron chi connectivity index (χ4n) is 12.1. The molecular weight excluding hydrogens is 999 g/mol. The lowest BCUT2D eigenvalue weighted by atomic mass is 9.78. The molecule has 442 valence electrons. The van der Waals surface area contributed by atoms with Crippen molar-refractivity contribution in [3.8, 4) is 0 Å². The number of methoxy groups -OCH3 is 3. The fourth-order valence-corrected chi connectivity index (χ4v) is 12.1. The highest BCUT2D eigenvalue weighted by atomic mass is 16.6. The van der Waals surface area contributed by atoms with Gasteiger partial charge in [0.15, 0.2) is 5.78 Å². The number of piperazine rings is 1. The highest BCUT2D eigenvalue weighted by Gasteiger charge is 2.53. The van der Waals surface area contributed by atoms with Crippen LogP contribution in [0.15, 0.2) is 47.6 Å². The van der Waals surface area contributed by atoms with Gasteiger partial charge in [-0.2, -0.15) is 0 Å². The van der Waals surface area contributed by atoms with Crippen LogP contribution in [0.2, 0.25) is 0 Å². The van der Waals surface area contributed by atoms with Gasteiger partial charge in [0.1, 0.15) is 30.1 Å². The predicted molar refractivity (Wildman–Crippen MR) is 298 cm³/mol. The van der Waals surface area contributed by atoms with Crippen LogP contribution in [-0.4, -0.2) is 196 Å². The van der Waals surface area contributed by atoms with Gasteiger partial charge in [0, 0.05) is 97.8 Å². The van der Waals surface area contributed by atoms with Gasteiger partial charge in [-0.05, 0) is 120 Å². The third-order valence-electron chi connectivity index (χ3n) is 17.3. The number of hydrogen-bond acceptors (Lipinski definition) is 16. The lowest BCUT2D eigenvalue weighted by Gasteiger charge is -2.43. The molecule has 15 atom stereocenters. The highest BCUT2D eigenvalue weighted by molar-refractivity contribution is 6.39. The molecule has 0 aromatic rings. The van der Waals surface area contributed by atoms with E-state index in [-0.39, 0.29) is 73.9 Å². The summed E-state index contributed by atoms with van der Waals surface area (Å²) in [6, 6.07) is -1.14. The second-order valence-corrected chi connectivity index (χ2v) is 23.6. The first-order valence-corrected chi connectivity index (χ1v) is 29.3. The van der Waals surface area contributed by atoms with Crippen LogP contribution in [-0.2, 0) is 57.1 Å². The number of piperidine rings is 1. The summed E-state index contributed by atoms with van der Waals surface area (Å²) in [7, 11) is 6.85. The number of Topliss-reactive ketones (excluding diaryl/α,β-unsaturated/α-hetero) is 3. The molecule has 2 N–H and O–H groups in total. The van der Waals surface area contributed by atoms with E-state index in [1.807, 2.05) is 58.1 Å². The van der Waals surface area contributed by atoms with Crippen molar-refractivity contribution in [1.29, 1.82) is 0 Å². The van der Waals surface area contributed by atoms with E-state index < -0.39 is 77.8 Å². The third kappa shape index (κ3) is 18.8. The summed E-state index contributed by atoms with van der Waals surface area (Å²) in [6.07, 6.45) is 13.4. The molecule has 4 fully saturated rings. The number of ether oxygens (including phenoxy) is 7. The molecular formula is C61H99N3O14. The molecule has 1 aliphatic carbocycles. The number of aliphatic hydroxyl groups is 2. The van der Waals surface area contributed by atoms with Gasteiger partial charge in [-0.1, -0.05) is 71.1 Å². The molecule has 78 heavy (non-hydrogen) atoms. The zero-order valence-corrected chi connectivity index (χ0v) is 49.2. The van der Waals surface area contributed by atoms with Crippen LogP contribution in [0, 0.1) is 35.5 Å². The number of rotatable bonds is 14. The molecule has 3 saturated heterocycles. The number of likely N-dealkylation sites (N-methyl/N-ethyl adjacent to an activating group) is 1. The number of esters is 1. The molecule has 0 aromatic heterocycles. The Balaban J connectivity index is 1.41. The minimum Gasteiger partial charge on any atom is -0.460 e. The third-order valence-corrected chi connectivity index (χ3v) is 17.3. The van der Waals surface area contributed by atoms with E-state index in [2.05, 4.69) is 16.8 Å². The number of fused-ring (bicyclic) bond motifs is 3. The largest absolute Gasteiger partial charge is 0.460 e. The van der Waals surface area contributed by atoms with Crippen molar-refractivity contribution in [2.75, 3.05) is 87.5 Å². The Hall–Kier alpha value is -3.49. The summed E-state index contributed by atoms with van der Waals surface area (Å²) < 4.78 is 42.4. The number of carbonyl (C=O) groups excluding carboxylic acids is 5. The summed E-state index contributed by atoms with van der Waals surface area (Å²) in [5.74, 6) is -7.89. The maximum absolute atomic E-state index is 14.7. The van der Waals surface area contributed by atoms with E-state index in [4.69, 9.17) is 33.2 Å². The zero-order valence-electron chi connectivity index (χ0n) is 49.2. The minimum atomic E-state index is -2.46. The number of aliphatic hydroxyl groups excluding tert-OH is 1. The highest BCUT2D eigenvalue weighted by Crippen LogP contribution is 2.38. The average molecular weight is 1100 g/mol. The van der Waals surface area contributed by atoms with Crippen molar-refractivity contribution in [2.45, 2.75) is 186 Å². The summed E-state index contributed by atoms with van der Waals surface area (Å²) in [4.78, 5) is 78.0. The van der Waals surface area contributed by atoms with Gasteiger partial charge in [-0.15, -0.1) is 0 Å². The molecule has 5 rings (SSSR count). The van der Waals surface area contributed by atoms with Crippen LogP contribution in [0.25, 0.3) is 0 Å². The van der Waals surface area contributed by atoms with Gasteiger partial charge in [0.2, 0.25) is 5.79 Å². The first-order chi connectivity index (χ1) is 37.2. The standard InChI is InChI=1S/C61H99N3O14/c1-40-18-13-12-14-19-41(2)52(76-33-32-72-9)38-48-23-21-46(7)61(71,78-48)58(68)59(69)64-26-16-15-20-49(64)60(70)77-53(39-50(65)42(3)35-45(6)56(67)57(74-11)55(66)44(5)34-40)43(4)36-47-22-24-51(54(37-47)73-10)75-31-17-25-63-29-27-62(8)28-30-63/h12-14,18-19,35,40,42-44,46-49,51-54,56-57,67,71H,15-17,20-34,36-39H2,1-11H3/t40?,42?,43?,44?,46?,47-,48?,49?,51+,52?,53?,54+,56?,57?,61?/m0/s1. The maximum atomic E-state index is 14.7. The normalized spacial score (nSPS) is 35.2. The number of ketones is 3. The molecule has 0 aromatic carbocycles. The number of amides is 1. The van der Waals surface area contributed by atoms with E-state index >= 15 is 0 Å². The average Bonchev–Trinajstić information content (AvgIpc) is 3.46. The first-order valence-electron chi connectivity index (χ1n) is 29.3. The number of carbonyl (C=O) groups is 5. The smallest absolute Gasteiger partial charge is 0.329 e. The number of allylic oxidation sites excluding steroid dienone is 6. The molecule has 1 amide bonds. The van der Waals surface area contributed by atoms with E-state index in [1.54, 1.807) is 41.1 Å². The molecule has 12 unspecified atom stereocenters. The minimum absolute atomic E-state index is 0.00546. The predicted octanol–water partition coefficient (Wildman–Crippen LogP) is 6.86. The van der Waals surface area contributed by atoms with Crippen molar-refractivity contribution in [2.24, 2.45) is 35.5 Å². The van der Waals surface area contributed by atoms with Gasteiger partial charge >= 0.3 is 5.97 Å². The lowest BCUT2D eigenvalue weighted by molar-refractivity contribution is -0.266. The Morgan fingerprint density at radius 2 is 1.54 bits per heavy atom. The Morgan fingerprint density at radius 3 is 2.24 bits per heavy atom. The van der Waals surface area contributed by atoms with Gasteiger partial charge in [0.25, 0.3) is 11.7 Å². The molecule has 0 spiro atoms. The van der Waals surface area contributed by atoms with Gasteiger partial charge in [0.05, 0.1) is 37.6 Å².